The van der Waals surface area contributed by atoms with Gasteiger partial charge in [0.2, 0.25) is 15.9 Å². The van der Waals surface area contributed by atoms with Gasteiger partial charge in [-0.2, -0.15) is 0 Å². The molecule has 0 spiro atoms. The highest BCUT2D eigenvalue weighted by molar-refractivity contribution is 7.89. The molecule has 0 radical (unpaired) electrons. The maximum Gasteiger partial charge on any atom is 0.241 e. The Kier molecular flexibility index (Phi) is 5.43. The Morgan fingerprint density at radius 1 is 1.19 bits per heavy atom. The van der Waals surface area contributed by atoms with E-state index in [4.69, 9.17) is 9.47 Å². The van der Waals surface area contributed by atoms with Gasteiger partial charge in [-0.05, 0) is 30.3 Å². The number of fused-ring (bicyclic) bond motifs is 1. The number of para-hydroxylation sites is 1. The van der Waals surface area contributed by atoms with Gasteiger partial charge in [0.05, 0.1) is 31.2 Å². The van der Waals surface area contributed by atoms with Gasteiger partial charge in [-0.15, -0.1) is 0 Å². The van der Waals surface area contributed by atoms with E-state index in [1.807, 2.05) is 24.3 Å². The summed E-state index contributed by atoms with van der Waals surface area (Å²) in [5.74, 6) is 0.895. The minimum atomic E-state index is -3.77. The molecule has 2 aromatic carbocycles. The molecule has 2 N–H and O–H groups in total. The van der Waals surface area contributed by atoms with Crippen molar-refractivity contribution in [3.05, 3.63) is 54.1 Å². The number of ether oxygens (including phenoxy) is 2. The van der Waals surface area contributed by atoms with E-state index in [2.05, 4.69) is 10.0 Å². The van der Waals surface area contributed by atoms with E-state index in [1.54, 1.807) is 12.1 Å². The first-order valence-corrected chi connectivity index (χ1v) is 9.63. The van der Waals surface area contributed by atoms with Crippen molar-refractivity contribution >= 4 is 15.9 Å². The fraction of sp³-hybridized carbons (Fsp3) is 0.278. The molecule has 1 heterocycles. The minimum Gasteiger partial charge on any atom is -0.497 e. The molecule has 0 fully saturated rings. The van der Waals surface area contributed by atoms with E-state index >= 15 is 0 Å². The van der Waals surface area contributed by atoms with E-state index in [1.165, 1.54) is 19.2 Å². The maximum absolute atomic E-state index is 12.3. The molecule has 1 amide bonds. The molecular weight excluding hydrogens is 356 g/mol. The van der Waals surface area contributed by atoms with E-state index < -0.39 is 15.9 Å². The van der Waals surface area contributed by atoms with Crippen molar-refractivity contribution < 1.29 is 22.7 Å². The number of hydrogen-bond donors (Lipinski definition) is 2. The molecule has 0 bridgehead atoms. The number of carbonyl (C=O) groups is 1. The van der Waals surface area contributed by atoms with Gasteiger partial charge in [-0.25, -0.2) is 13.1 Å². The quantitative estimate of drug-likeness (QED) is 0.799. The number of hydrogen-bond acceptors (Lipinski definition) is 5. The first-order valence-electron chi connectivity index (χ1n) is 8.14. The number of methoxy groups -OCH3 is 1. The van der Waals surface area contributed by atoms with Crippen LogP contribution in [-0.4, -0.2) is 34.6 Å². The van der Waals surface area contributed by atoms with E-state index in [0.29, 0.717) is 18.8 Å². The van der Waals surface area contributed by atoms with Gasteiger partial charge >= 0.3 is 0 Å². The number of sulfonamides is 1. The average molecular weight is 376 g/mol. The zero-order chi connectivity index (χ0) is 18.6. The lowest BCUT2D eigenvalue weighted by Crippen LogP contribution is -2.39. The average Bonchev–Trinajstić information content (AvgIpc) is 2.67. The van der Waals surface area contributed by atoms with Crippen LogP contribution in [0.15, 0.2) is 53.4 Å². The molecule has 1 aliphatic heterocycles. The zero-order valence-electron chi connectivity index (χ0n) is 14.3. The number of carbonyl (C=O) groups excluding carboxylic acids is 1. The number of benzene rings is 2. The highest BCUT2D eigenvalue weighted by Gasteiger charge is 2.23. The van der Waals surface area contributed by atoms with Crippen LogP contribution in [-0.2, 0) is 14.8 Å². The molecule has 3 rings (SSSR count). The van der Waals surface area contributed by atoms with Crippen molar-refractivity contribution in [3.63, 3.8) is 0 Å². The first-order chi connectivity index (χ1) is 12.5. The van der Waals surface area contributed by atoms with E-state index in [-0.39, 0.29) is 17.5 Å². The van der Waals surface area contributed by atoms with Crippen molar-refractivity contribution in [1.82, 2.24) is 10.0 Å². The topological polar surface area (TPSA) is 93.7 Å². The summed E-state index contributed by atoms with van der Waals surface area (Å²) in [4.78, 5) is 12.3. The highest BCUT2D eigenvalue weighted by Crippen LogP contribution is 2.31. The molecule has 8 heteroatoms. The minimum absolute atomic E-state index is 0.0718. The molecule has 0 saturated carbocycles. The van der Waals surface area contributed by atoms with Gasteiger partial charge in [-0.3, -0.25) is 4.79 Å². The third kappa shape index (κ3) is 4.14. The van der Waals surface area contributed by atoms with Crippen molar-refractivity contribution in [3.8, 4) is 11.5 Å². The Labute approximate surface area is 152 Å². The van der Waals surface area contributed by atoms with Gasteiger partial charge < -0.3 is 14.8 Å². The molecule has 0 aliphatic carbocycles. The van der Waals surface area contributed by atoms with Crippen molar-refractivity contribution in [2.24, 2.45) is 0 Å². The van der Waals surface area contributed by atoms with Gasteiger partial charge in [0.1, 0.15) is 11.5 Å². The largest absolute Gasteiger partial charge is 0.497 e. The van der Waals surface area contributed by atoms with Crippen molar-refractivity contribution in [1.29, 1.82) is 0 Å². The zero-order valence-corrected chi connectivity index (χ0v) is 15.1. The van der Waals surface area contributed by atoms with Crippen LogP contribution < -0.4 is 19.5 Å². The Morgan fingerprint density at radius 3 is 2.65 bits per heavy atom. The van der Waals surface area contributed by atoms with Crippen LogP contribution in [0.25, 0.3) is 0 Å². The Morgan fingerprint density at radius 2 is 1.92 bits per heavy atom. The molecular formula is C18H20N2O5S. The molecule has 1 aliphatic rings. The van der Waals surface area contributed by atoms with Gasteiger partial charge in [-0.1, -0.05) is 18.2 Å². The predicted octanol–water partition coefficient (Wildman–Crippen LogP) is 1.61. The van der Waals surface area contributed by atoms with Crippen molar-refractivity contribution in [2.45, 2.75) is 17.4 Å². The van der Waals surface area contributed by atoms with Crippen LogP contribution in [0.3, 0.4) is 0 Å². The second kappa shape index (κ2) is 7.76. The summed E-state index contributed by atoms with van der Waals surface area (Å²) < 4.78 is 37.4. The molecule has 26 heavy (non-hydrogen) atoms. The SMILES string of the molecule is COc1ccc(S(=O)(=O)NCC(=O)NC2CCOc3ccccc32)cc1. The Hall–Kier alpha value is -2.58. The maximum atomic E-state index is 12.3. The van der Waals surface area contributed by atoms with Crippen LogP contribution in [0.2, 0.25) is 0 Å². The third-order valence-electron chi connectivity index (χ3n) is 4.09. The summed E-state index contributed by atoms with van der Waals surface area (Å²) in [6.45, 7) is 0.160. The summed E-state index contributed by atoms with van der Waals surface area (Å²) in [6, 6.07) is 13.2. The predicted molar refractivity (Wildman–Crippen MR) is 95.6 cm³/mol. The van der Waals surface area contributed by atoms with Crippen LogP contribution in [0.4, 0.5) is 0 Å². The first kappa shape index (κ1) is 18.2. The Balaban J connectivity index is 1.60. The lowest BCUT2D eigenvalue weighted by molar-refractivity contribution is -0.120. The highest BCUT2D eigenvalue weighted by atomic mass is 32.2. The second-order valence-corrected chi connectivity index (χ2v) is 7.56. The lowest BCUT2D eigenvalue weighted by atomic mass is 10.0. The van der Waals surface area contributed by atoms with Crippen LogP contribution in [0, 0.1) is 0 Å². The van der Waals surface area contributed by atoms with Crippen LogP contribution in [0.5, 0.6) is 11.5 Å². The number of rotatable bonds is 6. The summed E-state index contributed by atoms with van der Waals surface area (Å²) >= 11 is 0. The number of nitrogens with one attached hydrogen (secondary N) is 2. The number of amides is 1. The molecule has 7 nitrogen and oxygen atoms in total. The third-order valence-corrected chi connectivity index (χ3v) is 5.50. The molecule has 0 aromatic heterocycles. The van der Waals surface area contributed by atoms with Gasteiger partial charge in [0.25, 0.3) is 0 Å². The summed E-state index contributed by atoms with van der Waals surface area (Å²) in [5.41, 5.74) is 0.894. The molecule has 1 atom stereocenters. The van der Waals surface area contributed by atoms with E-state index in [9.17, 15) is 13.2 Å². The monoisotopic (exact) mass is 376 g/mol. The molecule has 2 aromatic rings. The van der Waals surface area contributed by atoms with Gasteiger partial charge in [0.15, 0.2) is 0 Å². The molecule has 1 unspecified atom stereocenters. The standard InChI is InChI=1S/C18H20N2O5S/c1-24-13-6-8-14(9-7-13)26(22,23)19-12-18(21)20-16-10-11-25-17-5-3-2-4-15(16)17/h2-9,16,19H,10-12H2,1H3,(H,20,21). The molecule has 138 valence electrons. The van der Waals surface area contributed by atoms with Crippen LogP contribution in [0.1, 0.15) is 18.0 Å². The van der Waals surface area contributed by atoms with Crippen molar-refractivity contribution in [2.75, 3.05) is 20.3 Å². The van der Waals surface area contributed by atoms with Crippen LogP contribution >= 0.6 is 0 Å². The fourth-order valence-corrected chi connectivity index (χ4v) is 3.72. The normalized spacial score (nSPS) is 16.3. The lowest BCUT2D eigenvalue weighted by Gasteiger charge is -2.26. The molecule has 0 saturated heterocycles. The Bertz CT molecular complexity index is 881. The summed E-state index contributed by atoms with van der Waals surface area (Å²) in [5, 5.41) is 2.85. The van der Waals surface area contributed by atoms with Gasteiger partial charge in [0, 0.05) is 12.0 Å². The summed E-state index contributed by atoms with van der Waals surface area (Å²) in [6.07, 6.45) is 0.633. The fourth-order valence-electron chi connectivity index (χ4n) is 2.74. The smallest absolute Gasteiger partial charge is 0.241 e. The van der Waals surface area contributed by atoms with E-state index in [0.717, 1.165) is 11.3 Å². The summed E-state index contributed by atoms with van der Waals surface area (Å²) in [7, 11) is -2.27. The second-order valence-electron chi connectivity index (χ2n) is 5.80.